The molecule has 1 aliphatic rings. The van der Waals surface area contributed by atoms with Gasteiger partial charge in [0.25, 0.3) is 0 Å². The zero-order valence-corrected chi connectivity index (χ0v) is 11.4. The fourth-order valence-electron chi connectivity index (χ4n) is 2.78. The molecule has 0 bridgehead atoms. The molecule has 1 amide bonds. The Morgan fingerprint density at radius 3 is 2.26 bits per heavy atom. The maximum atomic E-state index is 12.4. The van der Waals surface area contributed by atoms with E-state index in [9.17, 15) is 18.0 Å². The van der Waals surface area contributed by atoms with Crippen LogP contribution in [0.25, 0.3) is 0 Å². The smallest absolute Gasteiger partial charge is 0.334 e. The van der Waals surface area contributed by atoms with E-state index in [1.54, 1.807) is 6.92 Å². The first-order valence-corrected chi connectivity index (χ1v) is 6.86. The van der Waals surface area contributed by atoms with E-state index in [0.29, 0.717) is 6.54 Å². The highest BCUT2D eigenvalue weighted by molar-refractivity contribution is 5.77. The lowest BCUT2D eigenvalue weighted by molar-refractivity contribution is -0.162. The van der Waals surface area contributed by atoms with Crippen molar-refractivity contribution in [3.05, 3.63) is 0 Å². The van der Waals surface area contributed by atoms with Gasteiger partial charge in [-0.05, 0) is 31.7 Å². The van der Waals surface area contributed by atoms with E-state index in [1.807, 2.05) is 0 Å². The monoisotopic (exact) mass is 280 g/mol. The van der Waals surface area contributed by atoms with Crippen molar-refractivity contribution in [1.29, 1.82) is 0 Å². The van der Waals surface area contributed by atoms with Gasteiger partial charge in [0, 0.05) is 13.0 Å². The SMILES string of the molecule is CCN(CC(F)(F)F)C(=O)CC1(CN)CCCCC1. The quantitative estimate of drug-likeness (QED) is 0.841. The van der Waals surface area contributed by atoms with Gasteiger partial charge in [-0.15, -0.1) is 0 Å². The fraction of sp³-hybridized carbons (Fsp3) is 0.923. The first kappa shape index (κ1) is 16.3. The van der Waals surface area contributed by atoms with Crippen LogP contribution in [0.2, 0.25) is 0 Å². The average Bonchev–Trinajstić information content (AvgIpc) is 2.36. The summed E-state index contributed by atoms with van der Waals surface area (Å²) >= 11 is 0. The predicted molar refractivity (Wildman–Crippen MR) is 67.5 cm³/mol. The second kappa shape index (κ2) is 6.59. The Bertz CT molecular complexity index is 299. The Kier molecular flexibility index (Phi) is 5.64. The Morgan fingerprint density at radius 2 is 1.84 bits per heavy atom. The normalized spacial score (nSPS) is 19.2. The summed E-state index contributed by atoms with van der Waals surface area (Å²) in [6.07, 6.45) is 0.640. The summed E-state index contributed by atoms with van der Waals surface area (Å²) in [5.74, 6) is -0.424. The number of nitrogens with two attached hydrogens (primary N) is 1. The minimum atomic E-state index is -4.34. The van der Waals surface area contributed by atoms with E-state index in [2.05, 4.69) is 0 Å². The van der Waals surface area contributed by atoms with Gasteiger partial charge >= 0.3 is 6.18 Å². The number of carbonyl (C=O) groups excluding carboxylic acids is 1. The van der Waals surface area contributed by atoms with Crippen LogP contribution < -0.4 is 5.73 Å². The van der Waals surface area contributed by atoms with Gasteiger partial charge in [-0.1, -0.05) is 19.3 Å². The Hall–Kier alpha value is -0.780. The van der Waals surface area contributed by atoms with E-state index >= 15 is 0 Å². The summed E-state index contributed by atoms with van der Waals surface area (Å²) in [5, 5.41) is 0. The Labute approximate surface area is 112 Å². The number of halogens is 3. The molecule has 0 atom stereocenters. The Balaban J connectivity index is 2.64. The zero-order chi connectivity index (χ0) is 14.5. The van der Waals surface area contributed by atoms with Crippen molar-refractivity contribution in [2.24, 2.45) is 11.1 Å². The van der Waals surface area contributed by atoms with Crippen LogP contribution in [-0.2, 0) is 4.79 Å². The second-order valence-electron chi connectivity index (χ2n) is 5.46. The van der Waals surface area contributed by atoms with Crippen LogP contribution in [0.5, 0.6) is 0 Å². The minimum Gasteiger partial charge on any atom is -0.334 e. The van der Waals surface area contributed by atoms with Crippen molar-refractivity contribution in [2.45, 2.75) is 51.6 Å². The van der Waals surface area contributed by atoms with Crippen LogP contribution in [0.4, 0.5) is 13.2 Å². The third-order valence-corrected chi connectivity index (χ3v) is 3.98. The molecule has 1 fully saturated rings. The van der Waals surface area contributed by atoms with E-state index in [1.165, 1.54) is 0 Å². The largest absolute Gasteiger partial charge is 0.406 e. The third-order valence-electron chi connectivity index (χ3n) is 3.98. The number of amides is 1. The molecular formula is C13H23F3N2O. The van der Waals surface area contributed by atoms with E-state index in [0.717, 1.165) is 37.0 Å². The van der Waals surface area contributed by atoms with Crippen molar-refractivity contribution in [2.75, 3.05) is 19.6 Å². The lowest BCUT2D eigenvalue weighted by atomic mass is 9.71. The van der Waals surface area contributed by atoms with Crippen LogP contribution in [0.3, 0.4) is 0 Å². The number of carbonyl (C=O) groups is 1. The van der Waals surface area contributed by atoms with Crippen molar-refractivity contribution >= 4 is 5.91 Å². The third kappa shape index (κ3) is 5.01. The maximum absolute atomic E-state index is 12.4. The molecule has 19 heavy (non-hydrogen) atoms. The molecule has 1 aliphatic carbocycles. The number of hydrogen-bond donors (Lipinski definition) is 1. The summed E-state index contributed by atoms with van der Waals surface area (Å²) in [5.41, 5.74) is 5.48. The van der Waals surface area contributed by atoms with Crippen molar-refractivity contribution in [1.82, 2.24) is 4.90 Å². The van der Waals surface area contributed by atoms with Gasteiger partial charge in [0.1, 0.15) is 6.54 Å². The summed E-state index contributed by atoms with van der Waals surface area (Å²) in [7, 11) is 0. The van der Waals surface area contributed by atoms with Gasteiger partial charge in [0.05, 0.1) is 0 Å². The molecule has 1 saturated carbocycles. The van der Waals surface area contributed by atoms with Crippen molar-refractivity contribution < 1.29 is 18.0 Å². The molecule has 0 aromatic rings. The lowest BCUT2D eigenvalue weighted by Gasteiger charge is -2.37. The molecule has 0 heterocycles. The summed E-state index contributed by atoms with van der Waals surface area (Å²) < 4.78 is 37.2. The highest BCUT2D eigenvalue weighted by Gasteiger charge is 2.37. The van der Waals surface area contributed by atoms with Gasteiger partial charge in [-0.3, -0.25) is 4.79 Å². The standard InChI is InChI=1S/C13H23F3N2O/c1-2-18(10-13(14,15)16)11(19)8-12(9-17)6-4-3-5-7-12/h2-10,17H2,1H3. The summed E-state index contributed by atoms with van der Waals surface area (Å²) in [6.45, 7) is 0.865. The molecule has 0 aliphatic heterocycles. The van der Waals surface area contributed by atoms with Crippen LogP contribution in [0, 0.1) is 5.41 Å². The Morgan fingerprint density at radius 1 is 1.26 bits per heavy atom. The molecule has 112 valence electrons. The molecule has 3 nitrogen and oxygen atoms in total. The molecule has 0 aromatic heterocycles. The van der Waals surface area contributed by atoms with Crippen LogP contribution in [0.15, 0.2) is 0 Å². The molecular weight excluding hydrogens is 257 g/mol. The molecule has 2 N–H and O–H groups in total. The van der Waals surface area contributed by atoms with Gasteiger partial charge in [-0.2, -0.15) is 13.2 Å². The zero-order valence-electron chi connectivity index (χ0n) is 11.4. The van der Waals surface area contributed by atoms with E-state index in [-0.39, 0.29) is 18.4 Å². The molecule has 0 radical (unpaired) electrons. The lowest BCUT2D eigenvalue weighted by Crippen LogP contribution is -2.43. The molecule has 0 spiro atoms. The molecule has 0 saturated heterocycles. The van der Waals surface area contributed by atoms with Gasteiger partial charge in [-0.25, -0.2) is 0 Å². The van der Waals surface area contributed by atoms with Crippen molar-refractivity contribution in [3.63, 3.8) is 0 Å². The van der Waals surface area contributed by atoms with Crippen molar-refractivity contribution in [3.8, 4) is 0 Å². The molecule has 0 unspecified atom stereocenters. The van der Waals surface area contributed by atoms with E-state index < -0.39 is 18.6 Å². The first-order chi connectivity index (χ1) is 8.82. The number of alkyl halides is 3. The second-order valence-corrected chi connectivity index (χ2v) is 5.46. The number of nitrogens with zero attached hydrogens (tertiary/aromatic N) is 1. The first-order valence-electron chi connectivity index (χ1n) is 6.86. The number of hydrogen-bond acceptors (Lipinski definition) is 2. The van der Waals surface area contributed by atoms with Gasteiger partial charge in [0.2, 0.25) is 5.91 Å². The van der Waals surface area contributed by atoms with Crippen LogP contribution in [0.1, 0.15) is 45.4 Å². The van der Waals surface area contributed by atoms with Crippen LogP contribution in [-0.4, -0.2) is 36.6 Å². The summed E-state index contributed by atoms with van der Waals surface area (Å²) in [6, 6.07) is 0. The van der Waals surface area contributed by atoms with Gasteiger partial charge < -0.3 is 10.6 Å². The molecule has 1 rings (SSSR count). The average molecular weight is 280 g/mol. The number of rotatable bonds is 5. The van der Waals surface area contributed by atoms with Crippen LogP contribution >= 0.6 is 0 Å². The molecule has 6 heteroatoms. The predicted octanol–water partition coefficient (Wildman–Crippen LogP) is 2.70. The molecule has 0 aromatic carbocycles. The fourth-order valence-corrected chi connectivity index (χ4v) is 2.78. The van der Waals surface area contributed by atoms with E-state index in [4.69, 9.17) is 5.73 Å². The van der Waals surface area contributed by atoms with Gasteiger partial charge in [0.15, 0.2) is 0 Å². The minimum absolute atomic E-state index is 0.0823. The topological polar surface area (TPSA) is 46.3 Å². The summed E-state index contributed by atoms with van der Waals surface area (Å²) in [4.78, 5) is 12.9. The highest BCUT2D eigenvalue weighted by atomic mass is 19.4. The maximum Gasteiger partial charge on any atom is 0.406 e. The highest BCUT2D eigenvalue weighted by Crippen LogP contribution is 2.38.